The molecule has 7 heteroatoms. The molecule has 6 nitrogen and oxygen atoms in total. The Hall–Kier alpha value is -3.19. The molecule has 1 N–H and O–H groups in total. The average Bonchev–Trinajstić information content (AvgIpc) is 3.30. The second-order valence-electron chi connectivity index (χ2n) is 7.85. The van der Waals surface area contributed by atoms with Crippen molar-refractivity contribution >= 4 is 23.4 Å². The van der Waals surface area contributed by atoms with Crippen LogP contribution in [0.5, 0.6) is 0 Å². The summed E-state index contributed by atoms with van der Waals surface area (Å²) in [6.07, 6.45) is -0.642. The van der Waals surface area contributed by atoms with Gasteiger partial charge < -0.3 is 9.84 Å². The highest BCUT2D eigenvalue weighted by atomic mass is 32.1. The monoisotopic (exact) mass is 436 g/mol. The van der Waals surface area contributed by atoms with Crippen LogP contribution in [0.1, 0.15) is 47.5 Å². The minimum absolute atomic E-state index is 0.0845. The number of nitrogens with zero attached hydrogens (tertiary/aromatic N) is 2. The van der Waals surface area contributed by atoms with Gasteiger partial charge in [-0.3, -0.25) is 4.90 Å². The smallest absolute Gasteiger partial charge is 0.411 e. The first kappa shape index (κ1) is 21.1. The third-order valence-electron chi connectivity index (χ3n) is 5.65. The second-order valence-corrected chi connectivity index (χ2v) is 8.73. The Morgan fingerprint density at radius 2 is 1.68 bits per heavy atom. The first-order valence-electron chi connectivity index (χ1n) is 10.2. The Morgan fingerprint density at radius 1 is 1.10 bits per heavy atom. The summed E-state index contributed by atoms with van der Waals surface area (Å²) in [5.41, 5.74) is 6.71. The molecule has 0 saturated carbocycles. The van der Waals surface area contributed by atoms with E-state index in [0.717, 1.165) is 22.3 Å². The number of thiazole rings is 1. The number of carbonyl (C=O) groups is 2. The number of fused-ring (bicyclic) bond motifs is 3. The molecule has 31 heavy (non-hydrogen) atoms. The fourth-order valence-corrected chi connectivity index (χ4v) is 5.10. The maximum atomic E-state index is 13.1. The van der Waals surface area contributed by atoms with Gasteiger partial charge in [-0.15, -0.1) is 11.3 Å². The first-order chi connectivity index (χ1) is 14.9. The molecule has 0 spiro atoms. The molecular weight excluding hydrogens is 412 g/mol. The number of aliphatic carboxylic acids is 1. The van der Waals surface area contributed by atoms with Crippen LogP contribution in [0, 0.1) is 6.92 Å². The molecule has 2 aromatic carbocycles. The third-order valence-corrected chi connectivity index (χ3v) is 6.63. The lowest BCUT2D eigenvalue weighted by Gasteiger charge is -2.31. The molecule has 0 fully saturated rings. The van der Waals surface area contributed by atoms with Crippen LogP contribution < -0.4 is 0 Å². The van der Waals surface area contributed by atoms with Crippen molar-refractivity contribution in [3.8, 4) is 11.1 Å². The Kier molecular flexibility index (Phi) is 5.78. The number of benzene rings is 2. The zero-order valence-electron chi connectivity index (χ0n) is 17.6. The van der Waals surface area contributed by atoms with Crippen LogP contribution in [0.2, 0.25) is 0 Å². The summed E-state index contributed by atoms with van der Waals surface area (Å²) in [5.74, 6) is -1.19. The van der Waals surface area contributed by atoms with E-state index in [0.29, 0.717) is 10.6 Å². The minimum Gasteiger partial charge on any atom is -0.479 e. The third kappa shape index (κ3) is 3.81. The van der Waals surface area contributed by atoms with E-state index in [4.69, 9.17) is 4.74 Å². The number of carboxylic acids is 1. The zero-order chi connectivity index (χ0) is 22.1. The molecule has 1 amide bonds. The van der Waals surface area contributed by atoms with Crippen LogP contribution in [0.25, 0.3) is 11.1 Å². The first-order valence-corrected chi connectivity index (χ1v) is 11.0. The number of hydrogen-bond donors (Lipinski definition) is 1. The second kappa shape index (κ2) is 8.51. The highest BCUT2D eigenvalue weighted by molar-refractivity contribution is 7.10. The summed E-state index contributed by atoms with van der Waals surface area (Å²) in [4.78, 5) is 31.2. The molecular formula is C24H24N2O4S. The van der Waals surface area contributed by atoms with E-state index in [1.54, 1.807) is 26.3 Å². The standard InChI is InChI=1S/C24H24N2O4S/c1-14(2)26(21(23(27)28)22-15(3)25-13-31-22)24(29)30-12-20-18-10-6-4-8-16(18)17-9-5-7-11-19(17)20/h4-11,13-14,20-21H,12H2,1-3H3,(H,27,28). The van der Waals surface area contributed by atoms with Gasteiger partial charge in [0.05, 0.1) is 16.1 Å². The molecule has 1 atom stereocenters. The van der Waals surface area contributed by atoms with Gasteiger partial charge in [0.1, 0.15) is 6.61 Å². The minimum atomic E-state index is -1.14. The van der Waals surface area contributed by atoms with E-state index < -0.39 is 18.1 Å². The zero-order valence-corrected chi connectivity index (χ0v) is 18.4. The molecule has 3 aromatic rings. The number of aryl methyl sites for hydroxylation is 1. The molecule has 1 aromatic heterocycles. The van der Waals surface area contributed by atoms with Crippen LogP contribution in [-0.4, -0.2) is 39.7 Å². The maximum absolute atomic E-state index is 13.1. The fraction of sp³-hybridized carbons (Fsp3) is 0.292. The van der Waals surface area contributed by atoms with Crippen LogP contribution in [0.15, 0.2) is 54.0 Å². The van der Waals surface area contributed by atoms with E-state index in [2.05, 4.69) is 29.2 Å². The van der Waals surface area contributed by atoms with Gasteiger partial charge in [0.2, 0.25) is 0 Å². The lowest BCUT2D eigenvalue weighted by Crippen LogP contribution is -2.44. The highest BCUT2D eigenvalue weighted by Gasteiger charge is 2.37. The summed E-state index contributed by atoms with van der Waals surface area (Å²) in [6.45, 7) is 5.46. The lowest BCUT2D eigenvalue weighted by atomic mass is 9.98. The van der Waals surface area contributed by atoms with Crippen LogP contribution >= 0.6 is 11.3 Å². The van der Waals surface area contributed by atoms with E-state index in [1.165, 1.54) is 16.2 Å². The van der Waals surface area contributed by atoms with Crippen molar-refractivity contribution in [3.05, 3.63) is 75.7 Å². The molecule has 1 aliphatic rings. The molecule has 1 heterocycles. The number of aromatic nitrogens is 1. The van der Waals surface area contributed by atoms with Gasteiger partial charge in [-0.25, -0.2) is 14.6 Å². The SMILES string of the molecule is Cc1ncsc1C(C(=O)O)N(C(=O)OCC1c2ccccc2-c2ccccc21)C(C)C. The van der Waals surface area contributed by atoms with Gasteiger partial charge in [0.15, 0.2) is 6.04 Å². The molecule has 0 aliphatic heterocycles. The molecule has 1 aliphatic carbocycles. The quantitative estimate of drug-likeness (QED) is 0.572. The molecule has 1 unspecified atom stereocenters. The lowest BCUT2D eigenvalue weighted by molar-refractivity contribution is -0.143. The van der Waals surface area contributed by atoms with Crippen molar-refractivity contribution in [1.82, 2.24) is 9.88 Å². The summed E-state index contributed by atoms with van der Waals surface area (Å²) < 4.78 is 5.74. The van der Waals surface area contributed by atoms with Crippen molar-refractivity contribution in [3.63, 3.8) is 0 Å². The molecule has 4 rings (SSSR count). The van der Waals surface area contributed by atoms with Crippen LogP contribution in [-0.2, 0) is 9.53 Å². The van der Waals surface area contributed by atoms with Crippen molar-refractivity contribution in [2.45, 2.75) is 38.8 Å². The summed E-state index contributed by atoms with van der Waals surface area (Å²) in [6, 6.07) is 14.7. The van der Waals surface area contributed by atoms with E-state index >= 15 is 0 Å². The number of rotatable bonds is 6. The summed E-state index contributed by atoms with van der Waals surface area (Å²) in [5, 5.41) is 9.91. The predicted molar refractivity (Wildman–Crippen MR) is 119 cm³/mol. The van der Waals surface area contributed by atoms with Crippen molar-refractivity contribution in [2.75, 3.05) is 6.61 Å². The van der Waals surface area contributed by atoms with Crippen LogP contribution in [0.4, 0.5) is 4.79 Å². The predicted octanol–water partition coefficient (Wildman–Crippen LogP) is 5.24. The van der Waals surface area contributed by atoms with E-state index in [-0.39, 0.29) is 18.6 Å². The fourth-order valence-electron chi connectivity index (χ4n) is 4.21. The number of ether oxygens (including phenoxy) is 1. The van der Waals surface area contributed by atoms with Gasteiger partial charge in [-0.2, -0.15) is 0 Å². The number of carboxylic acid groups (broad SMARTS) is 1. The van der Waals surface area contributed by atoms with Crippen LogP contribution in [0.3, 0.4) is 0 Å². The summed E-state index contributed by atoms with van der Waals surface area (Å²) in [7, 11) is 0. The van der Waals surface area contributed by atoms with Gasteiger partial charge in [-0.1, -0.05) is 48.5 Å². The summed E-state index contributed by atoms with van der Waals surface area (Å²) >= 11 is 1.23. The molecule has 0 saturated heterocycles. The van der Waals surface area contributed by atoms with Crippen molar-refractivity contribution in [1.29, 1.82) is 0 Å². The molecule has 0 bridgehead atoms. The van der Waals surface area contributed by atoms with Gasteiger partial charge in [0, 0.05) is 12.0 Å². The Labute approximate surface area is 185 Å². The van der Waals surface area contributed by atoms with Crippen molar-refractivity contribution in [2.24, 2.45) is 0 Å². The number of carbonyl (C=O) groups excluding carboxylic acids is 1. The van der Waals surface area contributed by atoms with Gasteiger partial charge in [-0.05, 0) is 43.0 Å². The topological polar surface area (TPSA) is 79.7 Å². The molecule has 160 valence electrons. The normalized spacial score (nSPS) is 13.5. The number of amides is 1. The Morgan fingerprint density at radius 3 is 2.16 bits per heavy atom. The Balaban J connectivity index is 1.60. The maximum Gasteiger partial charge on any atom is 0.411 e. The number of hydrogen-bond acceptors (Lipinski definition) is 5. The van der Waals surface area contributed by atoms with Gasteiger partial charge in [0.25, 0.3) is 0 Å². The van der Waals surface area contributed by atoms with Gasteiger partial charge >= 0.3 is 12.1 Å². The molecule has 0 radical (unpaired) electrons. The van der Waals surface area contributed by atoms with E-state index in [1.807, 2.05) is 24.3 Å². The highest BCUT2D eigenvalue weighted by Crippen LogP contribution is 2.44. The van der Waals surface area contributed by atoms with Crippen molar-refractivity contribution < 1.29 is 19.4 Å². The Bertz CT molecular complexity index is 1080. The average molecular weight is 437 g/mol. The largest absolute Gasteiger partial charge is 0.479 e. The van der Waals surface area contributed by atoms with E-state index in [9.17, 15) is 14.7 Å².